The summed E-state index contributed by atoms with van der Waals surface area (Å²) < 4.78 is 36.3. The highest BCUT2D eigenvalue weighted by molar-refractivity contribution is 7.86. The predicted molar refractivity (Wildman–Crippen MR) is 57.6 cm³/mol. The van der Waals surface area contributed by atoms with Crippen LogP contribution in [0.25, 0.3) is 5.52 Å². The van der Waals surface area contributed by atoms with Crippen LogP contribution < -0.4 is 0 Å². The topological polar surface area (TPSA) is 51.4 Å². The quantitative estimate of drug-likeness (QED) is 0.755. The molecule has 0 saturated carbocycles. The van der Waals surface area contributed by atoms with Gasteiger partial charge < -0.3 is 4.40 Å². The monoisotopic (exact) mass is 242 g/mol. The third kappa shape index (κ3) is 1.69. The van der Waals surface area contributed by atoms with Crippen molar-refractivity contribution in [2.75, 3.05) is 0 Å². The number of hydrogen-bond donors (Lipinski definition) is 0. The van der Waals surface area contributed by atoms with E-state index < -0.39 is 15.2 Å². The molecule has 2 aromatic rings. The van der Waals surface area contributed by atoms with Crippen molar-refractivity contribution in [2.24, 2.45) is 0 Å². The maximum Gasteiger partial charge on any atom is 0.351 e. The summed E-state index contributed by atoms with van der Waals surface area (Å²) in [6.45, 7) is 3.63. The molecule has 86 valence electrons. The lowest BCUT2D eigenvalue weighted by atomic mass is 10.2. The minimum absolute atomic E-state index is 0.275. The number of fused-ring (bicyclic) bond motifs is 1. The van der Waals surface area contributed by atoms with Crippen molar-refractivity contribution in [3.63, 3.8) is 0 Å². The Hall–Kier alpha value is -1.43. The van der Waals surface area contributed by atoms with Crippen LogP contribution in [0.1, 0.15) is 18.3 Å². The van der Waals surface area contributed by atoms with Crippen LogP contribution in [0.4, 0.5) is 3.89 Å². The van der Waals surface area contributed by atoms with E-state index in [9.17, 15) is 12.3 Å². The Labute approximate surface area is 93.0 Å². The van der Waals surface area contributed by atoms with Gasteiger partial charge in [-0.3, -0.25) is 0 Å². The van der Waals surface area contributed by atoms with E-state index in [1.54, 1.807) is 29.7 Å². The van der Waals surface area contributed by atoms with Crippen LogP contribution in [0.2, 0.25) is 0 Å². The van der Waals surface area contributed by atoms with Gasteiger partial charge in [-0.1, -0.05) is 16.9 Å². The van der Waals surface area contributed by atoms with E-state index in [2.05, 4.69) is 4.98 Å². The van der Waals surface area contributed by atoms with E-state index in [0.29, 0.717) is 5.82 Å². The summed E-state index contributed by atoms with van der Waals surface area (Å²) in [4.78, 5) is 3.74. The molecule has 0 aliphatic heterocycles. The standard InChI is InChI=1S/C10H11FN2O2S/c1-3-8-4-5-9-10(16(11,14)15)12-7(2)13(9)6-8/h4-6H,3H2,1-2H3. The van der Waals surface area contributed by atoms with Crippen molar-refractivity contribution in [1.29, 1.82) is 0 Å². The Morgan fingerprint density at radius 2 is 2.12 bits per heavy atom. The van der Waals surface area contributed by atoms with Gasteiger partial charge in [-0.05, 0) is 25.0 Å². The van der Waals surface area contributed by atoms with Gasteiger partial charge in [0.2, 0.25) is 5.03 Å². The van der Waals surface area contributed by atoms with Gasteiger partial charge in [-0.2, -0.15) is 8.42 Å². The van der Waals surface area contributed by atoms with Crippen molar-refractivity contribution >= 4 is 15.7 Å². The third-order valence-corrected chi connectivity index (χ3v) is 3.24. The van der Waals surface area contributed by atoms with E-state index in [1.807, 2.05) is 6.92 Å². The number of halogens is 1. The zero-order valence-electron chi connectivity index (χ0n) is 8.94. The van der Waals surface area contributed by atoms with Gasteiger partial charge in [0.05, 0.1) is 5.52 Å². The fraction of sp³-hybridized carbons (Fsp3) is 0.300. The number of aromatic nitrogens is 2. The van der Waals surface area contributed by atoms with Gasteiger partial charge in [-0.25, -0.2) is 4.98 Å². The second-order valence-electron chi connectivity index (χ2n) is 3.55. The summed E-state index contributed by atoms with van der Waals surface area (Å²) in [7, 11) is -4.76. The Bertz CT molecular complexity index is 646. The zero-order chi connectivity index (χ0) is 11.9. The second kappa shape index (κ2) is 3.55. The molecular weight excluding hydrogens is 231 g/mol. The molecule has 0 saturated heterocycles. The summed E-state index contributed by atoms with van der Waals surface area (Å²) in [5, 5.41) is -0.507. The van der Waals surface area contributed by atoms with Gasteiger partial charge >= 0.3 is 10.2 Å². The molecule has 0 aliphatic carbocycles. The molecule has 0 aliphatic rings. The molecule has 4 nitrogen and oxygen atoms in total. The van der Waals surface area contributed by atoms with E-state index in [0.717, 1.165) is 12.0 Å². The highest BCUT2D eigenvalue weighted by Gasteiger charge is 2.21. The molecule has 0 fully saturated rings. The molecular formula is C10H11FN2O2S. The molecule has 2 rings (SSSR count). The predicted octanol–water partition coefficient (Wildman–Crippen LogP) is 1.86. The minimum atomic E-state index is -4.76. The molecule has 2 aromatic heterocycles. The first-order valence-electron chi connectivity index (χ1n) is 4.85. The van der Waals surface area contributed by atoms with Crippen LogP contribution in [0.5, 0.6) is 0 Å². The lowest BCUT2D eigenvalue weighted by Crippen LogP contribution is -1.94. The Morgan fingerprint density at radius 1 is 1.44 bits per heavy atom. The first-order valence-corrected chi connectivity index (χ1v) is 6.24. The highest BCUT2D eigenvalue weighted by Crippen LogP contribution is 2.20. The van der Waals surface area contributed by atoms with Gasteiger partial charge in [0.1, 0.15) is 5.82 Å². The molecule has 0 N–H and O–H groups in total. The largest absolute Gasteiger partial charge is 0.351 e. The SMILES string of the molecule is CCc1ccc2c(S(=O)(=O)F)nc(C)n2c1. The third-order valence-electron chi connectivity index (χ3n) is 2.48. The number of pyridine rings is 1. The van der Waals surface area contributed by atoms with Crippen LogP contribution in [0, 0.1) is 6.92 Å². The Kier molecular flexibility index (Phi) is 2.46. The Morgan fingerprint density at radius 3 is 2.69 bits per heavy atom. The lowest BCUT2D eigenvalue weighted by Gasteiger charge is -2.00. The number of rotatable bonds is 2. The number of hydrogen-bond acceptors (Lipinski definition) is 3. The normalized spacial score (nSPS) is 12.2. The summed E-state index contributed by atoms with van der Waals surface area (Å²) in [5.41, 5.74) is 1.31. The average Bonchev–Trinajstić information content (AvgIpc) is 2.55. The number of aryl methyl sites for hydroxylation is 2. The first-order chi connectivity index (χ1) is 7.43. The van der Waals surface area contributed by atoms with E-state index >= 15 is 0 Å². The van der Waals surface area contributed by atoms with E-state index in [-0.39, 0.29) is 5.52 Å². The van der Waals surface area contributed by atoms with Crippen molar-refractivity contribution in [3.8, 4) is 0 Å². The summed E-state index contributed by atoms with van der Waals surface area (Å²) >= 11 is 0. The van der Waals surface area contributed by atoms with Crippen molar-refractivity contribution < 1.29 is 12.3 Å². The first kappa shape index (κ1) is 11.1. The molecule has 0 radical (unpaired) electrons. The number of nitrogens with zero attached hydrogens (tertiary/aromatic N) is 2. The molecule has 0 bridgehead atoms. The fourth-order valence-electron chi connectivity index (χ4n) is 1.63. The smallest absolute Gasteiger partial charge is 0.302 e. The van der Waals surface area contributed by atoms with Gasteiger partial charge in [-0.15, -0.1) is 0 Å². The van der Waals surface area contributed by atoms with Crippen LogP contribution in [-0.2, 0) is 16.6 Å². The van der Waals surface area contributed by atoms with Crippen LogP contribution in [0.3, 0.4) is 0 Å². The molecule has 6 heteroatoms. The van der Waals surface area contributed by atoms with Crippen LogP contribution in [-0.4, -0.2) is 17.8 Å². The number of imidazole rings is 1. The summed E-state index contributed by atoms with van der Waals surface area (Å²) in [5.74, 6) is 0.460. The van der Waals surface area contributed by atoms with E-state index in [1.165, 1.54) is 0 Å². The highest BCUT2D eigenvalue weighted by atomic mass is 32.3. The van der Waals surface area contributed by atoms with Gasteiger partial charge in [0.15, 0.2) is 0 Å². The van der Waals surface area contributed by atoms with Crippen molar-refractivity contribution in [3.05, 3.63) is 29.7 Å². The second-order valence-corrected chi connectivity index (χ2v) is 4.81. The molecule has 0 unspecified atom stereocenters. The van der Waals surface area contributed by atoms with Crippen LogP contribution >= 0.6 is 0 Å². The maximum atomic E-state index is 12.9. The lowest BCUT2D eigenvalue weighted by molar-refractivity contribution is 0.549. The average molecular weight is 242 g/mol. The molecule has 16 heavy (non-hydrogen) atoms. The molecule has 0 atom stereocenters. The molecule has 2 heterocycles. The van der Waals surface area contributed by atoms with Gasteiger partial charge in [0, 0.05) is 6.20 Å². The fourth-order valence-corrected chi connectivity index (χ4v) is 2.29. The summed E-state index contributed by atoms with van der Waals surface area (Å²) in [6, 6.07) is 3.34. The molecule has 0 amide bonds. The maximum absolute atomic E-state index is 12.9. The minimum Gasteiger partial charge on any atom is -0.302 e. The molecule has 0 aromatic carbocycles. The van der Waals surface area contributed by atoms with Crippen molar-refractivity contribution in [2.45, 2.75) is 25.3 Å². The summed E-state index contributed by atoms with van der Waals surface area (Å²) in [6.07, 6.45) is 2.59. The van der Waals surface area contributed by atoms with Gasteiger partial charge in [0.25, 0.3) is 0 Å². The van der Waals surface area contributed by atoms with E-state index in [4.69, 9.17) is 0 Å². The van der Waals surface area contributed by atoms with Crippen LogP contribution in [0.15, 0.2) is 23.4 Å². The Balaban J connectivity index is 2.82. The molecule has 0 spiro atoms. The zero-order valence-corrected chi connectivity index (χ0v) is 9.75. The van der Waals surface area contributed by atoms with Crippen molar-refractivity contribution in [1.82, 2.24) is 9.38 Å².